The molecule has 0 aliphatic rings. The summed E-state index contributed by atoms with van der Waals surface area (Å²) in [6, 6.07) is 6.12. The fourth-order valence-electron chi connectivity index (χ4n) is 1.80. The van der Waals surface area contributed by atoms with Crippen molar-refractivity contribution in [2.75, 3.05) is 6.54 Å². The molecule has 2 nitrogen and oxygen atoms in total. The summed E-state index contributed by atoms with van der Waals surface area (Å²) >= 11 is 0. The van der Waals surface area contributed by atoms with Crippen LogP contribution in [0, 0.1) is 5.82 Å². The minimum absolute atomic E-state index is 0.00906. The number of carbonyl (C=O) groups excluding carboxylic acids is 1. The van der Waals surface area contributed by atoms with Gasteiger partial charge in [-0.1, -0.05) is 31.9 Å². The van der Waals surface area contributed by atoms with Crippen molar-refractivity contribution >= 4 is 5.91 Å². The minimum atomic E-state index is -0.625. The molecule has 0 aliphatic carbocycles. The number of amides is 1. The fourth-order valence-corrected chi connectivity index (χ4v) is 1.80. The van der Waals surface area contributed by atoms with Gasteiger partial charge in [0.05, 0.1) is 5.41 Å². The van der Waals surface area contributed by atoms with E-state index in [0.717, 1.165) is 24.8 Å². The van der Waals surface area contributed by atoms with Crippen molar-refractivity contribution in [2.45, 2.75) is 45.4 Å². The quantitative estimate of drug-likeness (QED) is 0.771. The van der Waals surface area contributed by atoms with Gasteiger partial charge in [0.15, 0.2) is 0 Å². The Morgan fingerprint density at radius 1 is 1.22 bits per heavy atom. The SMILES string of the molecule is CCCCCNC(=O)C(C)(C)c1ccc(F)cc1. The van der Waals surface area contributed by atoms with E-state index in [1.165, 1.54) is 12.1 Å². The third-order valence-corrected chi connectivity index (χ3v) is 3.20. The molecule has 0 spiro atoms. The van der Waals surface area contributed by atoms with Crippen LogP contribution in [0.5, 0.6) is 0 Å². The van der Waals surface area contributed by atoms with Gasteiger partial charge in [-0.25, -0.2) is 4.39 Å². The highest BCUT2D eigenvalue weighted by atomic mass is 19.1. The van der Waals surface area contributed by atoms with E-state index in [4.69, 9.17) is 0 Å². The van der Waals surface area contributed by atoms with Crippen LogP contribution in [0.1, 0.15) is 45.6 Å². The number of hydrogen-bond acceptors (Lipinski definition) is 1. The topological polar surface area (TPSA) is 29.1 Å². The van der Waals surface area contributed by atoms with Gasteiger partial charge in [-0.05, 0) is 38.0 Å². The van der Waals surface area contributed by atoms with E-state index >= 15 is 0 Å². The van der Waals surface area contributed by atoms with Crippen molar-refractivity contribution in [1.82, 2.24) is 5.32 Å². The molecule has 0 heterocycles. The van der Waals surface area contributed by atoms with E-state index in [-0.39, 0.29) is 11.7 Å². The van der Waals surface area contributed by atoms with Gasteiger partial charge < -0.3 is 5.32 Å². The van der Waals surface area contributed by atoms with Crippen LogP contribution in [0.15, 0.2) is 24.3 Å². The van der Waals surface area contributed by atoms with Crippen molar-refractivity contribution in [3.63, 3.8) is 0 Å². The smallest absolute Gasteiger partial charge is 0.230 e. The Morgan fingerprint density at radius 3 is 2.39 bits per heavy atom. The van der Waals surface area contributed by atoms with Gasteiger partial charge in [0, 0.05) is 6.54 Å². The molecule has 1 amide bonds. The maximum atomic E-state index is 12.9. The molecule has 0 saturated carbocycles. The summed E-state index contributed by atoms with van der Waals surface area (Å²) in [6.07, 6.45) is 3.26. The standard InChI is InChI=1S/C15H22FNO/c1-4-5-6-11-17-14(18)15(2,3)12-7-9-13(16)10-8-12/h7-10H,4-6,11H2,1-3H3,(H,17,18). The zero-order chi connectivity index (χ0) is 13.6. The average Bonchev–Trinajstić information content (AvgIpc) is 2.35. The van der Waals surface area contributed by atoms with Crippen molar-refractivity contribution in [3.05, 3.63) is 35.6 Å². The molecule has 1 rings (SSSR count). The van der Waals surface area contributed by atoms with E-state index in [1.807, 2.05) is 13.8 Å². The number of rotatable bonds is 6. The zero-order valence-corrected chi connectivity index (χ0v) is 11.4. The van der Waals surface area contributed by atoms with Gasteiger partial charge in [0.2, 0.25) is 5.91 Å². The Balaban J connectivity index is 2.61. The van der Waals surface area contributed by atoms with E-state index in [2.05, 4.69) is 12.2 Å². The molecule has 0 radical (unpaired) electrons. The number of benzene rings is 1. The highest BCUT2D eigenvalue weighted by molar-refractivity contribution is 5.87. The van der Waals surface area contributed by atoms with Gasteiger partial charge in [0.25, 0.3) is 0 Å². The highest BCUT2D eigenvalue weighted by Gasteiger charge is 2.29. The van der Waals surface area contributed by atoms with Crippen LogP contribution < -0.4 is 5.32 Å². The first kappa shape index (κ1) is 14.7. The Hall–Kier alpha value is -1.38. The van der Waals surface area contributed by atoms with Gasteiger partial charge in [-0.3, -0.25) is 4.79 Å². The lowest BCUT2D eigenvalue weighted by molar-refractivity contribution is -0.125. The molecular formula is C15H22FNO. The van der Waals surface area contributed by atoms with Crippen LogP contribution in [0.25, 0.3) is 0 Å². The summed E-state index contributed by atoms with van der Waals surface area (Å²) in [7, 11) is 0. The molecule has 0 atom stereocenters. The Kier molecular flexibility index (Phi) is 5.32. The summed E-state index contributed by atoms with van der Waals surface area (Å²) < 4.78 is 12.9. The predicted molar refractivity (Wildman–Crippen MR) is 72.0 cm³/mol. The number of hydrogen-bond donors (Lipinski definition) is 1. The van der Waals surface area contributed by atoms with Gasteiger partial charge in [0.1, 0.15) is 5.82 Å². The summed E-state index contributed by atoms with van der Waals surface area (Å²) in [6.45, 7) is 6.55. The number of nitrogens with one attached hydrogen (secondary N) is 1. The second-order valence-electron chi connectivity index (χ2n) is 5.09. The fraction of sp³-hybridized carbons (Fsp3) is 0.533. The van der Waals surface area contributed by atoms with E-state index in [9.17, 15) is 9.18 Å². The summed E-state index contributed by atoms with van der Waals surface area (Å²) in [5.74, 6) is -0.289. The highest BCUT2D eigenvalue weighted by Crippen LogP contribution is 2.23. The first-order chi connectivity index (χ1) is 8.48. The number of halogens is 1. The molecular weight excluding hydrogens is 229 g/mol. The maximum absolute atomic E-state index is 12.9. The van der Waals surface area contributed by atoms with E-state index < -0.39 is 5.41 Å². The average molecular weight is 251 g/mol. The van der Waals surface area contributed by atoms with Crippen molar-refractivity contribution < 1.29 is 9.18 Å². The van der Waals surface area contributed by atoms with E-state index in [1.54, 1.807) is 12.1 Å². The van der Waals surface area contributed by atoms with Crippen LogP contribution in [-0.4, -0.2) is 12.5 Å². The monoisotopic (exact) mass is 251 g/mol. The molecule has 0 unspecified atom stereocenters. The predicted octanol–water partition coefficient (Wildman–Crippen LogP) is 3.41. The normalized spacial score (nSPS) is 11.3. The molecule has 100 valence electrons. The van der Waals surface area contributed by atoms with Crippen molar-refractivity contribution in [3.8, 4) is 0 Å². The van der Waals surface area contributed by atoms with Crippen molar-refractivity contribution in [2.24, 2.45) is 0 Å². The first-order valence-corrected chi connectivity index (χ1v) is 6.53. The Morgan fingerprint density at radius 2 is 1.83 bits per heavy atom. The minimum Gasteiger partial charge on any atom is -0.355 e. The van der Waals surface area contributed by atoms with Crippen LogP contribution in [-0.2, 0) is 10.2 Å². The maximum Gasteiger partial charge on any atom is 0.230 e. The molecule has 0 fully saturated rings. The molecule has 0 saturated heterocycles. The molecule has 1 aromatic rings. The lowest BCUT2D eigenvalue weighted by atomic mass is 9.83. The van der Waals surface area contributed by atoms with Crippen LogP contribution in [0.4, 0.5) is 4.39 Å². The second-order valence-corrected chi connectivity index (χ2v) is 5.09. The third kappa shape index (κ3) is 3.83. The molecule has 0 aromatic heterocycles. The number of carbonyl (C=O) groups is 1. The number of unbranched alkanes of at least 4 members (excludes halogenated alkanes) is 2. The molecule has 1 N–H and O–H groups in total. The Bertz CT molecular complexity index is 384. The van der Waals surface area contributed by atoms with Crippen LogP contribution in [0.3, 0.4) is 0 Å². The van der Waals surface area contributed by atoms with Gasteiger partial charge in [-0.15, -0.1) is 0 Å². The van der Waals surface area contributed by atoms with Gasteiger partial charge in [-0.2, -0.15) is 0 Å². The lowest BCUT2D eigenvalue weighted by Crippen LogP contribution is -2.40. The zero-order valence-electron chi connectivity index (χ0n) is 11.4. The second kappa shape index (κ2) is 6.53. The lowest BCUT2D eigenvalue weighted by Gasteiger charge is -2.24. The molecule has 18 heavy (non-hydrogen) atoms. The molecule has 1 aromatic carbocycles. The molecule has 3 heteroatoms. The largest absolute Gasteiger partial charge is 0.355 e. The molecule has 0 aliphatic heterocycles. The summed E-state index contributed by atoms with van der Waals surface area (Å²) in [5, 5.41) is 2.94. The van der Waals surface area contributed by atoms with Gasteiger partial charge >= 0.3 is 0 Å². The van der Waals surface area contributed by atoms with Crippen molar-refractivity contribution in [1.29, 1.82) is 0 Å². The van der Waals surface area contributed by atoms with Crippen LogP contribution in [0.2, 0.25) is 0 Å². The first-order valence-electron chi connectivity index (χ1n) is 6.53. The summed E-state index contributed by atoms with van der Waals surface area (Å²) in [5.41, 5.74) is 0.205. The third-order valence-electron chi connectivity index (χ3n) is 3.20. The summed E-state index contributed by atoms with van der Waals surface area (Å²) in [4.78, 5) is 12.1. The van der Waals surface area contributed by atoms with E-state index in [0.29, 0.717) is 6.54 Å². The Labute approximate surface area is 109 Å². The molecule has 0 bridgehead atoms. The van der Waals surface area contributed by atoms with Crippen LogP contribution >= 0.6 is 0 Å².